The van der Waals surface area contributed by atoms with Crippen LogP contribution in [0, 0.1) is 5.92 Å². The van der Waals surface area contributed by atoms with Crippen molar-refractivity contribution in [1.29, 1.82) is 0 Å². The van der Waals surface area contributed by atoms with Crippen LogP contribution in [0.1, 0.15) is 46.0 Å². The molecule has 0 aliphatic heterocycles. The molecular formula is C14H29N3O. The van der Waals surface area contributed by atoms with E-state index in [0.29, 0.717) is 0 Å². The number of hydrogen-bond donors (Lipinski definition) is 2. The van der Waals surface area contributed by atoms with E-state index in [1.807, 2.05) is 0 Å². The summed E-state index contributed by atoms with van der Waals surface area (Å²) in [4.78, 5) is 4.58. The molecule has 0 aromatic heterocycles. The summed E-state index contributed by atoms with van der Waals surface area (Å²) in [5.74, 6) is 1.80. The number of ether oxygens (including phenoxy) is 1. The third-order valence-electron chi connectivity index (χ3n) is 2.95. The number of nitrogens with one attached hydrogen (secondary N) is 2. The largest absolute Gasteiger partial charge is 0.381 e. The minimum Gasteiger partial charge on any atom is -0.381 e. The fourth-order valence-electron chi connectivity index (χ4n) is 1.59. The molecule has 0 aromatic carbocycles. The molecule has 0 bridgehead atoms. The summed E-state index contributed by atoms with van der Waals surface area (Å²) in [6.07, 6.45) is 6.12. The molecule has 0 spiro atoms. The molecule has 1 aliphatic carbocycles. The van der Waals surface area contributed by atoms with E-state index in [2.05, 4.69) is 29.5 Å². The number of nitrogens with zero attached hydrogens (tertiary/aromatic N) is 1. The van der Waals surface area contributed by atoms with Crippen LogP contribution in [0.2, 0.25) is 0 Å². The normalized spacial score (nSPS) is 15.8. The van der Waals surface area contributed by atoms with Gasteiger partial charge in [-0.25, -0.2) is 0 Å². The summed E-state index contributed by atoms with van der Waals surface area (Å²) in [7, 11) is 0. The van der Waals surface area contributed by atoms with Crippen LogP contribution < -0.4 is 10.6 Å². The maximum absolute atomic E-state index is 5.52. The molecule has 0 unspecified atom stereocenters. The molecule has 0 heterocycles. The Bertz CT molecular complexity index is 227. The van der Waals surface area contributed by atoms with Gasteiger partial charge in [-0.2, -0.15) is 0 Å². The first-order valence-corrected chi connectivity index (χ1v) is 7.46. The lowest BCUT2D eigenvalue weighted by Gasteiger charge is -2.11. The highest BCUT2D eigenvalue weighted by molar-refractivity contribution is 5.79. The molecule has 4 nitrogen and oxygen atoms in total. The molecule has 0 atom stereocenters. The van der Waals surface area contributed by atoms with Crippen LogP contribution in [0.5, 0.6) is 0 Å². The summed E-state index contributed by atoms with van der Waals surface area (Å²) in [6, 6.07) is 0. The standard InChI is InChI=1S/C14H29N3O/c1-3-5-10-18-11-6-9-16-14(15-4-2)17-12-13-7-8-13/h13H,3-12H2,1-2H3,(H2,15,16,17). The molecular weight excluding hydrogens is 226 g/mol. The van der Waals surface area contributed by atoms with Gasteiger partial charge in [0.05, 0.1) is 0 Å². The number of rotatable bonds is 10. The predicted molar refractivity (Wildman–Crippen MR) is 77.0 cm³/mol. The van der Waals surface area contributed by atoms with Crippen molar-refractivity contribution in [1.82, 2.24) is 10.6 Å². The molecule has 4 heteroatoms. The smallest absolute Gasteiger partial charge is 0.191 e. The van der Waals surface area contributed by atoms with Crippen LogP contribution in [-0.4, -0.2) is 38.8 Å². The van der Waals surface area contributed by atoms with Crippen LogP contribution in [0.3, 0.4) is 0 Å². The molecule has 1 rings (SSSR count). The van der Waals surface area contributed by atoms with Gasteiger partial charge in [-0.15, -0.1) is 0 Å². The van der Waals surface area contributed by atoms with E-state index >= 15 is 0 Å². The van der Waals surface area contributed by atoms with Gasteiger partial charge >= 0.3 is 0 Å². The van der Waals surface area contributed by atoms with Gasteiger partial charge in [0, 0.05) is 32.8 Å². The van der Waals surface area contributed by atoms with Crippen LogP contribution in [0.4, 0.5) is 0 Å². The zero-order chi connectivity index (χ0) is 13.1. The lowest BCUT2D eigenvalue weighted by Crippen LogP contribution is -2.38. The average Bonchev–Trinajstić information content (AvgIpc) is 3.18. The Morgan fingerprint density at radius 3 is 2.61 bits per heavy atom. The van der Waals surface area contributed by atoms with Gasteiger partial charge in [0.25, 0.3) is 0 Å². The second-order valence-electron chi connectivity index (χ2n) is 4.91. The van der Waals surface area contributed by atoms with Gasteiger partial charge in [0.2, 0.25) is 0 Å². The quantitative estimate of drug-likeness (QED) is 0.357. The van der Waals surface area contributed by atoms with Crippen LogP contribution in [0.25, 0.3) is 0 Å². The van der Waals surface area contributed by atoms with Crippen molar-refractivity contribution in [3.8, 4) is 0 Å². The minimum atomic E-state index is 0.842. The average molecular weight is 255 g/mol. The van der Waals surface area contributed by atoms with Crippen LogP contribution in [0.15, 0.2) is 4.99 Å². The summed E-state index contributed by atoms with van der Waals surface area (Å²) in [5, 5.41) is 6.63. The van der Waals surface area contributed by atoms with Crippen molar-refractivity contribution < 1.29 is 4.74 Å². The maximum atomic E-state index is 5.52. The summed E-state index contributed by atoms with van der Waals surface area (Å²) < 4.78 is 5.52. The first-order valence-electron chi connectivity index (χ1n) is 7.46. The number of aliphatic imine (C=N–C) groups is 1. The topological polar surface area (TPSA) is 45.6 Å². The summed E-state index contributed by atoms with van der Waals surface area (Å²) >= 11 is 0. The summed E-state index contributed by atoms with van der Waals surface area (Å²) in [6.45, 7) is 8.85. The predicted octanol–water partition coefficient (Wildman–Crippen LogP) is 2.16. The van der Waals surface area contributed by atoms with Gasteiger partial charge < -0.3 is 15.4 Å². The van der Waals surface area contributed by atoms with E-state index < -0.39 is 0 Å². The maximum Gasteiger partial charge on any atom is 0.191 e. The molecule has 0 amide bonds. The first kappa shape index (κ1) is 15.3. The Morgan fingerprint density at radius 1 is 1.17 bits per heavy atom. The van der Waals surface area contributed by atoms with Gasteiger partial charge in [0.15, 0.2) is 5.96 Å². The molecule has 1 saturated carbocycles. The molecule has 1 aliphatic rings. The zero-order valence-electron chi connectivity index (χ0n) is 12.0. The molecule has 0 aromatic rings. The fraction of sp³-hybridized carbons (Fsp3) is 0.929. The second kappa shape index (κ2) is 10.2. The van der Waals surface area contributed by atoms with Gasteiger partial charge in [0.1, 0.15) is 0 Å². The van der Waals surface area contributed by atoms with Crippen molar-refractivity contribution in [2.45, 2.75) is 46.0 Å². The molecule has 0 radical (unpaired) electrons. The SMILES string of the molecule is CCCCOCCCNC(=NCC1CC1)NCC. The van der Waals surface area contributed by atoms with Crippen LogP contribution in [-0.2, 0) is 4.74 Å². The highest BCUT2D eigenvalue weighted by atomic mass is 16.5. The molecule has 106 valence electrons. The lowest BCUT2D eigenvalue weighted by molar-refractivity contribution is 0.129. The third kappa shape index (κ3) is 8.34. The minimum absolute atomic E-state index is 0.842. The highest BCUT2D eigenvalue weighted by Gasteiger charge is 2.20. The monoisotopic (exact) mass is 255 g/mol. The number of guanidine groups is 1. The van der Waals surface area contributed by atoms with E-state index in [0.717, 1.165) is 51.1 Å². The van der Waals surface area contributed by atoms with Crippen molar-refractivity contribution in [3.63, 3.8) is 0 Å². The molecule has 1 fully saturated rings. The Hall–Kier alpha value is -0.770. The van der Waals surface area contributed by atoms with Crippen LogP contribution >= 0.6 is 0 Å². The third-order valence-corrected chi connectivity index (χ3v) is 2.95. The number of unbranched alkanes of at least 4 members (excludes halogenated alkanes) is 1. The van der Waals surface area contributed by atoms with E-state index in [1.54, 1.807) is 0 Å². The van der Waals surface area contributed by atoms with Gasteiger partial charge in [-0.05, 0) is 38.5 Å². The first-order chi connectivity index (χ1) is 8.86. The van der Waals surface area contributed by atoms with E-state index in [9.17, 15) is 0 Å². The Labute approximate surface area is 112 Å². The van der Waals surface area contributed by atoms with Gasteiger partial charge in [-0.1, -0.05) is 13.3 Å². The van der Waals surface area contributed by atoms with Crippen molar-refractivity contribution in [2.75, 3.05) is 32.8 Å². The molecule has 0 saturated heterocycles. The second-order valence-corrected chi connectivity index (χ2v) is 4.91. The summed E-state index contributed by atoms with van der Waals surface area (Å²) in [5.41, 5.74) is 0. The Morgan fingerprint density at radius 2 is 1.94 bits per heavy atom. The van der Waals surface area contributed by atoms with E-state index in [1.165, 1.54) is 25.7 Å². The number of hydrogen-bond acceptors (Lipinski definition) is 2. The zero-order valence-corrected chi connectivity index (χ0v) is 12.0. The fourth-order valence-corrected chi connectivity index (χ4v) is 1.59. The molecule has 18 heavy (non-hydrogen) atoms. The van der Waals surface area contributed by atoms with Gasteiger partial charge in [-0.3, -0.25) is 4.99 Å². The Kier molecular flexibility index (Phi) is 8.65. The van der Waals surface area contributed by atoms with E-state index in [4.69, 9.17) is 4.74 Å². The van der Waals surface area contributed by atoms with Crippen molar-refractivity contribution in [2.24, 2.45) is 10.9 Å². The highest BCUT2D eigenvalue weighted by Crippen LogP contribution is 2.28. The van der Waals surface area contributed by atoms with Crippen molar-refractivity contribution in [3.05, 3.63) is 0 Å². The Balaban J connectivity index is 2.00. The van der Waals surface area contributed by atoms with E-state index in [-0.39, 0.29) is 0 Å². The van der Waals surface area contributed by atoms with Crippen molar-refractivity contribution >= 4 is 5.96 Å². The lowest BCUT2D eigenvalue weighted by atomic mass is 10.4. The molecule has 2 N–H and O–H groups in total.